The van der Waals surface area contributed by atoms with E-state index in [4.69, 9.17) is 0 Å². The molecule has 1 rings (SSSR count). The Kier molecular flexibility index (Phi) is 2.00. The Morgan fingerprint density at radius 3 is 2.82 bits per heavy atom. The minimum atomic E-state index is -0.695. The topological polar surface area (TPSA) is 72.2 Å². The summed E-state index contributed by atoms with van der Waals surface area (Å²) in [7, 11) is 0. The van der Waals surface area contributed by atoms with Gasteiger partial charge < -0.3 is 9.84 Å². The van der Waals surface area contributed by atoms with Gasteiger partial charge in [-0.25, -0.2) is 0 Å². The number of hydrogen-bond donors (Lipinski definition) is 1. The lowest BCUT2D eigenvalue weighted by molar-refractivity contribution is -0.133. The second-order valence-electron chi connectivity index (χ2n) is 1.89. The summed E-state index contributed by atoms with van der Waals surface area (Å²) in [5.74, 6) is -1.02. The number of carbonyl (C=O) groups excluding carboxylic acids is 2. The van der Waals surface area contributed by atoms with Gasteiger partial charge in [-0.15, -0.1) is 0 Å². The lowest BCUT2D eigenvalue weighted by Gasteiger charge is -1.93. The molecule has 0 unspecified atom stereocenters. The van der Waals surface area contributed by atoms with Gasteiger partial charge in [0.2, 0.25) is 5.78 Å². The number of aromatic nitrogens is 1. The third-order valence-corrected chi connectivity index (χ3v) is 0.999. The maximum Gasteiger partial charge on any atom is 0.292 e. The van der Waals surface area contributed by atoms with Crippen LogP contribution >= 0.6 is 0 Å². The van der Waals surface area contributed by atoms with E-state index in [0.717, 1.165) is 0 Å². The van der Waals surface area contributed by atoms with E-state index < -0.39 is 11.7 Å². The van der Waals surface area contributed by atoms with Crippen LogP contribution in [0.5, 0.6) is 0 Å². The first-order valence-electron chi connectivity index (χ1n) is 2.92. The summed E-state index contributed by atoms with van der Waals surface area (Å²) in [5.41, 5.74) is 0. The highest BCUT2D eigenvalue weighted by atomic mass is 16.5. The van der Waals surface area contributed by atoms with Gasteiger partial charge in [-0.2, -0.15) is 0 Å². The van der Waals surface area contributed by atoms with Crippen molar-refractivity contribution < 1.29 is 14.1 Å². The zero-order valence-corrected chi connectivity index (χ0v) is 5.83. The summed E-state index contributed by atoms with van der Waals surface area (Å²) in [6.45, 7) is 1.18. The molecule has 5 nitrogen and oxygen atoms in total. The van der Waals surface area contributed by atoms with Gasteiger partial charge in [0, 0.05) is 13.0 Å². The maximum atomic E-state index is 10.7. The van der Waals surface area contributed by atoms with Crippen molar-refractivity contribution in [1.82, 2.24) is 5.16 Å². The zero-order valence-electron chi connectivity index (χ0n) is 5.83. The molecule has 0 spiro atoms. The molecule has 5 heteroatoms. The van der Waals surface area contributed by atoms with Gasteiger partial charge in [-0.3, -0.25) is 9.59 Å². The molecule has 58 valence electrons. The summed E-state index contributed by atoms with van der Waals surface area (Å²) in [6, 6.07) is 1.45. The first kappa shape index (κ1) is 7.46. The van der Waals surface area contributed by atoms with Crippen molar-refractivity contribution in [3.05, 3.63) is 12.3 Å². The molecule has 0 fully saturated rings. The SMILES string of the molecule is CC(=O)C(=O)Nc1ccon1. The molecule has 0 radical (unpaired) electrons. The highest BCUT2D eigenvalue weighted by Crippen LogP contribution is 1.99. The number of rotatable bonds is 2. The molecule has 0 atom stereocenters. The molecule has 1 amide bonds. The highest BCUT2D eigenvalue weighted by molar-refractivity contribution is 6.39. The number of anilines is 1. The fourth-order valence-corrected chi connectivity index (χ4v) is 0.481. The number of ketones is 1. The standard InChI is InChI=1S/C6H6N2O3/c1-4(9)6(10)7-5-2-3-11-8-5/h2-3H,1H3,(H,7,8,10). The third-order valence-electron chi connectivity index (χ3n) is 0.999. The van der Waals surface area contributed by atoms with E-state index in [1.165, 1.54) is 19.3 Å². The largest absolute Gasteiger partial charge is 0.363 e. The quantitative estimate of drug-likeness (QED) is 0.617. The number of amides is 1. The summed E-state index contributed by atoms with van der Waals surface area (Å²) in [6.07, 6.45) is 1.30. The normalized spacial score (nSPS) is 9.18. The Morgan fingerprint density at radius 2 is 2.36 bits per heavy atom. The molecule has 0 saturated heterocycles. The molecule has 0 aliphatic heterocycles. The molecular weight excluding hydrogens is 148 g/mol. The van der Waals surface area contributed by atoms with E-state index in [1.54, 1.807) is 0 Å². The predicted octanol–water partition coefficient (Wildman–Crippen LogP) is 0.202. The second kappa shape index (κ2) is 2.96. The van der Waals surface area contributed by atoms with Crippen molar-refractivity contribution in [2.45, 2.75) is 6.92 Å². The molecular formula is C6H6N2O3. The van der Waals surface area contributed by atoms with E-state index in [2.05, 4.69) is 15.0 Å². The van der Waals surface area contributed by atoms with Crippen molar-refractivity contribution in [3.63, 3.8) is 0 Å². The third kappa shape index (κ3) is 1.89. The summed E-state index contributed by atoms with van der Waals surface area (Å²) >= 11 is 0. The minimum Gasteiger partial charge on any atom is -0.363 e. The van der Waals surface area contributed by atoms with Crippen molar-refractivity contribution in [1.29, 1.82) is 0 Å². The van der Waals surface area contributed by atoms with Crippen molar-refractivity contribution >= 4 is 17.5 Å². The lowest BCUT2D eigenvalue weighted by Crippen LogP contribution is -2.19. The van der Waals surface area contributed by atoms with E-state index in [1.807, 2.05) is 0 Å². The fourth-order valence-electron chi connectivity index (χ4n) is 0.481. The van der Waals surface area contributed by atoms with Gasteiger partial charge >= 0.3 is 0 Å². The van der Waals surface area contributed by atoms with E-state index in [9.17, 15) is 9.59 Å². The van der Waals surface area contributed by atoms with Crippen molar-refractivity contribution in [2.75, 3.05) is 5.32 Å². The van der Waals surface area contributed by atoms with Crippen LogP contribution in [0.15, 0.2) is 16.9 Å². The Bertz CT molecular complexity index is 265. The fraction of sp³-hybridized carbons (Fsp3) is 0.167. The monoisotopic (exact) mass is 154 g/mol. The summed E-state index contributed by atoms with van der Waals surface area (Å²) in [4.78, 5) is 21.1. The molecule has 0 saturated carbocycles. The zero-order chi connectivity index (χ0) is 8.27. The van der Waals surface area contributed by atoms with Crippen LogP contribution in [-0.4, -0.2) is 16.8 Å². The van der Waals surface area contributed by atoms with Gasteiger partial charge in [-0.1, -0.05) is 5.16 Å². The van der Waals surface area contributed by atoms with Crippen LogP contribution in [0, 0.1) is 0 Å². The van der Waals surface area contributed by atoms with Gasteiger partial charge in [0.15, 0.2) is 5.82 Å². The van der Waals surface area contributed by atoms with Crippen LogP contribution in [0.3, 0.4) is 0 Å². The molecule has 1 aromatic rings. The van der Waals surface area contributed by atoms with E-state index in [0.29, 0.717) is 0 Å². The predicted molar refractivity (Wildman–Crippen MR) is 35.8 cm³/mol. The van der Waals surface area contributed by atoms with Crippen LogP contribution in [-0.2, 0) is 9.59 Å². The lowest BCUT2D eigenvalue weighted by atomic mass is 10.4. The van der Waals surface area contributed by atoms with Gasteiger partial charge in [0.1, 0.15) is 6.26 Å². The van der Waals surface area contributed by atoms with Crippen LogP contribution in [0.1, 0.15) is 6.92 Å². The van der Waals surface area contributed by atoms with Crippen LogP contribution in [0.4, 0.5) is 5.82 Å². The molecule has 0 aliphatic carbocycles. The van der Waals surface area contributed by atoms with Gasteiger partial charge in [-0.05, 0) is 0 Å². The summed E-state index contributed by atoms with van der Waals surface area (Å²) in [5, 5.41) is 5.61. The van der Waals surface area contributed by atoms with Crippen LogP contribution in [0.25, 0.3) is 0 Å². The maximum absolute atomic E-state index is 10.7. The average Bonchev–Trinajstić information content (AvgIpc) is 2.39. The first-order valence-corrected chi connectivity index (χ1v) is 2.92. The Morgan fingerprint density at radius 1 is 1.64 bits per heavy atom. The Hall–Kier alpha value is -1.65. The van der Waals surface area contributed by atoms with E-state index in [-0.39, 0.29) is 5.82 Å². The molecule has 11 heavy (non-hydrogen) atoms. The molecule has 0 aromatic carbocycles. The second-order valence-corrected chi connectivity index (χ2v) is 1.89. The van der Waals surface area contributed by atoms with Crippen LogP contribution < -0.4 is 5.32 Å². The molecule has 1 heterocycles. The number of carbonyl (C=O) groups is 2. The Balaban J connectivity index is 2.57. The van der Waals surface area contributed by atoms with Gasteiger partial charge in [0.05, 0.1) is 0 Å². The molecule has 0 aliphatic rings. The first-order chi connectivity index (χ1) is 5.20. The highest BCUT2D eigenvalue weighted by Gasteiger charge is 2.08. The minimum absolute atomic E-state index is 0.241. The molecule has 1 N–H and O–H groups in total. The van der Waals surface area contributed by atoms with Crippen LogP contribution in [0.2, 0.25) is 0 Å². The number of nitrogens with one attached hydrogen (secondary N) is 1. The smallest absolute Gasteiger partial charge is 0.292 e. The van der Waals surface area contributed by atoms with E-state index >= 15 is 0 Å². The average molecular weight is 154 g/mol. The number of nitrogens with zero attached hydrogens (tertiary/aromatic N) is 1. The molecule has 1 aromatic heterocycles. The number of Topliss-reactive ketones (excluding diaryl/α,β-unsaturated/α-hetero) is 1. The van der Waals surface area contributed by atoms with Crippen molar-refractivity contribution in [3.8, 4) is 0 Å². The van der Waals surface area contributed by atoms with Crippen molar-refractivity contribution in [2.24, 2.45) is 0 Å². The van der Waals surface area contributed by atoms with Gasteiger partial charge in [0.25, 0.3) is 5.91 Å². The Labute approximate surface area is 62.4 Å². The summed E-state index contributed by atoms with van der Waals surface area (Å²) < 4.78 is 4.42. The number of hydrogen-bond acceptors (Lipinski definition) is 4. The molecule has 0 bridgehead atoms.